The Hall–Kier alpha value is -0.280. The number of ether oxygens (including phenoxy) is 1. The summed E-state index contributed by atoms with van der Waals surface area (Å²) >= 11 is 0. The van der Waals surface area contributed by atoms with Crippen LogP contribution in [0, 0.1) is 35.5 Å². The van der Waals surface area contributed by atoms with Gasteiger partial charge >= 0.3 is 0 Å². The van der Waals surface area contributed by atoms with Crippen molar-refractivity contribution in [1.29, 1.82) is 0 Å². The number of hydrazine groups is 2. The van der Waals surface area contributed by atoms with E-state index in [-0.39, 0.29) is 0 Å². The number of hydrogen-bond donors (Lipinski definition) is 4. The highest BCUT2D eigenvalue weighted by Crippen LogP contribution is 2.52. The zero-order valence-corrected chi connectivity index (χ0v) is 19.4. The van der Waals surface area contributed by atoms with Crippen LogP contribution >= 0.6 is 0 Å². The maximum absolute atomic E-state index is 6.66. The molecule has 178 valence electrons. The van der Waals surface area contributed by atoms with E-state index in [1.54, 1.807) is 0 Å². The van der Waals surface area contributed by atoms with Crippen LogP contribution in [0.25, 0.3) is 0 Å². The summed E-state index contributed by atoms with van der Waals surface area (Å²) in [5.41, 5.74) is 18.7. The van der Waals surface area contributed by atoms with Gasteiger partial charge in [-0.3, -0.25) is 10.9 Å². The van der Waals surface area contributed by atoms with E-state index < -0.39 is 0 Å². The van der Waals surface area contributed by atoms with Gasteiger partial charge in [-0.25, -0.2) is 10.0 Å². The van der Waals surface area contributed by atoms with E-state index in [1.165, 1.54) is 51.6 Å². The molecule has 0 bridgehead atoms. The average molecular weight is 435 g/mol. The molecule has 8 unspecified atom stereocenters. The molecular weight excluding hydrogens is 388 g/mol. The summed E-state index contributed by atoms with van der Waals surface area (Å²) in [6, 6.07) is 0. The van der Waals surface area contributed by atoms with Gasteiger partial charge in [0.2, 0.25) is 0 Å². The summed E-state index contributed by atoms with van der Waals surface area (Å²) in [5.74, 6) is 5.00. The molecule has 2 aliphatic carbocycles. The molecule has 3 aliphatic heterocycles. The van der Waals surface area contributed by atoms with Gasteiger partial charge in [0.25, 0.3) is 0 Å². The second-order valence-electron chi connectivity index (χ2n) is 11.1. The van der Waals surface area contributed by atoms with Crippen LogP contribution in [-0.4, -0.2) is 74.6 Å². The van der Waals surface area contributed by atoms with Crippen molar-refractivity contribution in [2.75, 3.05) is 52.4 Å². The van der Waals surface area contributed by atoms with Crippen molar-refractivity contribution in [1.82, 2.24) is 20.9 Å². The van der Waals surface area contributed by atoms with Gasteiger partial charge in [0, 0.05) is 39.3 Å². The van der Waals surface area contributed by atoms with Gasteiger partial charge in [0.1, 0.15) is 0 Å². The Kier molecular flexibility index (Phi) is 7.50. The Labute approximate surface area is 188 Å². The van der Waals surface area contributed by atoms with Gasteiger partial charge < -0.3 is 16.2 Å². The third-order valence-corrected chi connectivity index (χ3v) is 9.31. The van der Waals surface area contributed by atoms with Crippen LogP contribution < -0.4 is 22.3 Å². The SMILES string of the molecule is NCCCN1CC(C2CCC3OC4CCC(C5CNN(CCCN)C5)CC4C3C2)CN1. The number of nitrogens with one attached hydrogen (secondary N) is 2. The molecule has 0 aromatic rings. The Balaban J connectivity index is 1.15. The molecule has 0 spiro atoms. The number of nitrogens with zero attached hydrogens (tertiary/aromatic N) is 2. The van der Waals surface area contributed by atoms with Crippen LogP contribution in [0.5, 0.6) is 0 Å². The van der Waals surface area contributed by atoms with Crippen LogP contribution in [0.3, 0.4) is 0 Å². The molecule has 5 fully saturated rings. The Bertz CT molecular complexity index is 530. The van der Waals surface area contributed by atoms with Gasteiger partial charge in [-0.2, -0.15) is 0 Å². The zero-order valence-electron chi connectivity index (χ0n) is 19.4. The van der Waals surface area contributed by atoms with Crippen molar-refractivity contribution in [3.8, 4) is 0 Å². The molecule has 0 aromatic carbocycles. The third kappa shape index (κ3) is 4.98. The highest BCUT2D eigenvalue weighted by Gasteiger charge is 2.51. The molecule has 8 atom stereocenters. The zero-order chi connectivity index (χ0) is 21.2. The molecule has 5 aliphatic rings. The van der Waals surface area contributed by atoms with Gasteiger partial charge in [-0.1, -0.05) is 0 Å². The molecule has 5 rings (SSSR count). The Morgan fingerprint density at radius 2 is 1.16 bits per heavy atom. The van der Waals surface area contributed by atoms with Crippen molar-refractivity contribution in [3.63, 3.8) is 0 Å². The van der Waals surface area contributed by atoms with Crippen molar-refractivity contribution in [3.05, 3.63) is 0 Å². The standard InChI is InChI=1S/C24H46N6O/c25-7-1-9-29-15-19(13-27-29)17-3-5-23-21(11-17)22-12-18(4-6-24(22)31-23)20-14-28-30(16-20)10-2-8-26/h17-24,27-28H,1-16,25-26H2. The monoisotopic (exact) mass is 434 g/mol. The van der Waals surface area contributed by atoms with Crippen molar-refractivity contribution >= 4 is 0 Å². The van der Waals surface area contributed by atoms with Crippen LogP contribution in [0.2, 0.25) is 0 Å². The number of hydrogen-bond acceptors (Lipinski definition) is 7. The Morgan fingerprint density at radius 1 is 0.677 bits per heavy atom. The fraction of sp³-hybridized carbons (Fsp3) is 1.00. The normalized spacial score (nSPS) is 43.9. The first kappa shape index (κ1) is 22.5. The molecule has 31 heavy (non-hydrogen) atoms. The van der Waals surface area contributed by atoms with E-state index in [9.17, 15) is 0 Å². The van der Waals surface area contributed by atoms with Crippen LogP contribution in [-0.2, 0) is 4.74 Å². The van der Waals surface area contributed by atoms with Crippen molar-refractivity contribution in [2.45, 2.75) is 63.6 Å². The van der Waals surface area contributed by atoms with Crippen molar-refractivity contribution in [2.24, 2.45) is 47.0 Å². The Morgan fingerprint density at radius 3 is 1.61 bits per heavy atom. The highest BCUT2D eigenvalue weighted by molar-refractivity contribution is 5.00. The maximum Gasteiger partial charge on any atom is 0.0611 e. The van der Waals surface area contributed by atoms with E-state index in [0.29, 0.717) is 12.2 Å². The predicted molar refractivity (Wildman–Crippen MR) is 124 cm³/mol. The average Bonchev–Trinajstić information content (AvgIpc) is 3.53. The minimum Gasteiger partial charge on any atom is -0.374 e. The fourth-order valence-corrected chi connectivity index (χ4v) is 7.60. The van der Waals surface area contributed by atoms with E-state index in [1.807, 2.05) is 0 Å². The first-order valence-electron chi connectivity index (χ1n) is 13.3. The van der Waals surface area contributed by atoms with Crippen LogP contribution in [0.15, 0.2) is 0 Å². The minimum absolute atomic E-state index is 0.551. The first-order chi connectivity index (χ1) is 15.2. The molecule has 3 heterocycles. The minimum atomic E-state index is 0.551. The smallest absolute Gasteiger partial charge is 0.0611 e. The molecule has 0 amide bonds. The lowest BCUT2D eigenvalue weighted by Gasteiger charge is -2.39. The molecule has 6 N–H and O–H groups in total. The lowest BCUT2D eigenvalue weighted by molar-refractivity contribution is -0.00914. The largest absolute Gasteiger partial charge is 0.374 e. The lowest BCUT2D eigenvalue weighted by atomic mass is 9.64. The summed E-state index contributed by atoms with van der Waals surface area (Å²) in [6.45, 7) is 8.53. The molecule has 0 radical (unpaired) electrons. The highest BCUT2D eigenvalue weighted by atomic mass is 16.5. The van der Waals surface area contributed by atoms with E-state index in [4.69, 9.17) is 16.2 Å². The van der Waals surface area contributed by atoms with Crippen LogP contribution in [0.4, 0.5) is 0 Å². The summed E-state index contributed by atoms with van der Waals surface area (Å²) in [5, 5.41) is 4.86. The number of nitrogens with two attached hydrogens (primary N) is 2. The molecule has 7 heteroatoms. The summed E-state index contributed by atoms with van der Waals surface area (Å²) in [7, 11) is 0. The van der Waals surface area contributed by atoms with E-state index >= 15 is 0 Å². The second kappa shape index (κ2) is 10.3. The second-order valence-corrected chi connectivity index (χ2v) is 11.1. The van der Waals surface area contributed by atoms with E-state index in [2.05, 4.69) is 20.9 Å². The molecule has 0 aromatic heterocycles. The number of rotatable bonds is 8. The van der Waals surface area contributed by atoms with Crippen LogP contribution in [0.1, 0.15) is 51.4 Å². The fourth-order valence-electron chi connectivity index (χ4n) is 7.60. The quantitative estimate of drug-likeness (QED) is 0.456. The first-order valence-corrected chi connectivity index (χ1v) is 13.3. The lowest BCUT2D eigenvalue weighted by Crippen LogP contribution is -2.37. The summed E-state index contributed by atoms with van der Waals surface area (Å²) in [4.78, 5) is 0. The molecule has 2 saturated carbocycles. The summed E-state index contributed by atoms with van der Waals surface area (Å²) < 4.78 is 6.66. The molecule has 3 saturated heterocycles. The topological polar surface area (TPSA) is 91.8 Å². The van der Waals surface area contributed by atoms with Gasteiger partial charge in [0.05, 0.1) is 12.2 Å². The summed E-state index contributed by atoms with van der Waals surface area (Å²) in [6.07, 6.45) is 11.4. The maximum atomic E-state index is 6.66. The number of fused-ring (bicyclic) bond motifs is 3. The third-order valence-electron chi connectivity index (χ3n) is 9.31. The van der Waals surface area contributed by atoms with Gasteiger partial charge in [-0.05, 0) is 100.0 Å². The molecular formula is C24H46N6O. The molecule has 7 nitrogen and oxygen atoms in total. The van der Waals surface area contributed by atoms with E-state index in [0.717, 1.165) is 87.6 Å². The van der Waals surface area contributed by atoms with Gasteiger partial charge in [0.15, 0.2) is 0 Å². The van der Waals surface area contributed by atoms with Crippen molar-refractivity contribution < 1.29 is 4.74 Å². The predicted octanol–water partition coefficient (Wildman–Crippen LogP) is 1.16. The van der Waals surface area contributed by atoms with Gasteiger partial charge in [-0.15, -0.1) is 0 Å².